The molecule has 8 heteroatoms. The molecule has 0 unspecified atom stereocenters. The summed E-state index contributed by atoms with van der Waals surface area (Å²) in [6.07, 6.45) is 1.42. The molecular weight excluding hydrogens is 307 g/mol. The van der Waals surface area contributed by atoms with E-state index in [0.29, 0.717) is 27.5 Å². The molecule has 0 radical (unpaired) electrons. The third-order valence-electron chi connectivity index (χ3n) is 3.12. The van der Waals surface area contributed by atoms with E-state index in [4.69, 9.17) is 5.11 Å². The molecule has 0 aliphatic carbocycles. The minimum atomic E-state index is -0.301. The van der Waals surface area contributed by atoms with Gasteiger partial charge >= 0.3 is 0 Å². The fraction of sp³-hybridized carbons (Fsp3) is 0.214. The summed E-state index contributed by atoms with van der Waals surface area (Å²) < 4.78 is 15.1. The lowest BCUT2D eigenvalue weighted by molar-refractivity contribution is 0.271. The minimum absolute atomic E-state index is 0.0943. The van der Waals surface area contributed by atoms with E-state index >= 15 is 0 Å². The standard InChI is InChI=1S/C14H13FN4O2S/c15-11-4-2-1-3-9(11)8-22-14-17-12-10(13(21)18-14)7-16-19(12)5-6-20/h1-4,7,20H,5-6,8H2,(H,17,18,21). The second kappa shape index (κ2) is 6.29. The Morgan fingerprint density at radius 2 is 2.18 bits per heavy atom. The highest BCUT2D eigenvalue weighted by atomic mass is 32.2. The van der Waals surface area contributed by atoms with Crippen molar-refractivity contribution in [2.75, 3.05) is 6.61 Å². The molecule has 2 N–H and O–H groups in total. The minimum Gasteiger partial charge on any atom is -0.394 e. The number of rotatable bonds is 5. The number of aromatic nitrogens is 4. The number of hydrogen-bond acceptors (Lipinski definition) is 5. The Morgan fingerprint density at radius 1 is 1.36 bits per heavy atom. The number of benzene rings is 1. The van der Waals surface area contributed by atoms with E-state index < -0.39 is 0 Å². The monoisotopic (exact) mass is 320 g/mol. The van der Waals surface area contributed by atoms with Gasteiger partial charge in [-0.05, 0) is 11.6 Å². The molecule has 0 amide bonds. The fourth-order valence-corrected chi connectivity index (χ4v) is 2.88. The van der Waals surface area contributed by atoms with Gasteiger partial charge in [0, 0.05) is 5.75 Å². The zero-order valence-electron chi connectivity index (χ0n) is 11.5. The molecule has 0 bridgehead atoms. The van der Waals surface area contributed by atoms with Crippen LogP contribution in [0.1, 0.15) is 5.56 Å². The van der Waals surface area contributed by atoms with Gasteiger partial charge in [-0.3, -0.25) is 4.79 Å². The molecule has 0 atom stereocenters. The van der Waals surface area contributed by atoms with E-state index in [1.54, 1.807) is 18.2 Å². The number of nitrogens with zero attached hydrogens (tertiary/aromatic N) is 3. The molecule has 1 aromatic carbocycles. The molecular formula is C14H13FN4O2S. The van der Waals surface area contributed by atoms with Gasteiger partial charge < -0.3 is 10.1 Å². The third kappa shape index (κ3) is 2.88. The average molecular weight is 320 g/mol. The summed E-state index contributed by atoms with van der Waals surface area (Å²) in [6, 6.07) is 6.47. The molecule has 2 aromatic heterocycles. The summed E-state index contributed by atoms with van der Waals surface area (Å²) in [4.78, 5) is 19.0. The summed E-state index contributed by atoms with van der Waals surface area (Å²) in [7, 11) is 0. The first-order valence-corrected chi connectivity index (χ1v) is 7.60. The predicted molar refractivity (Wildman–Crippen MR) is 81.2 cm³/mol. The molecule has 0 fully saturated rings. The van der Waals surface area contributed by atoms with Gasteiger partial charge in [-0.2, -0.15) is 5.10 Å². The number of halogens is 1. The maximum Gasteiger partial charge on any atom is 0.262 e. The highest BCUT2D eigenvalue weighted by Crippen LogP contribution is 2.21. The SMILES string of the molecule is O=c1[nH]c(SCc2ccccc2F)nc2c1cnn2CCO. The number of aliphatic hydroxyl groups is 1. The molecule has 3 aromatic rings. The molecule has 0 spiro atoms. The molecule has 0 saturated heterocycles. The predicted octanol–water partition coefficient (Wildman–Crippen LogP) is 1.54. The van der Waals surface area contributed by atoms with Gasteiger partial charge in [0.1, 0.15) is 11.2 Å². The van der Waals surface area contributed by atoms with Crippen LogP contribution in [-0.4, -0.2) is 31.5 Å². The molecule has 6 nitrogen and oxygen atoms in total. The molecule has 0 aliphatic heterocycles. The van der Waals surface area contributed by atoms with E-state index in [9.17, 15) is 9.18 Å². The zero-order valence-corrected chi connectivity index (χ0v) is 12.3. The summed E-state index contributed by atoms with van der Waals surface area (Å²) in [6.45, 7) is 0.167. The number of thioether (sulfide) groups is 1. The molecule has 22 heavy (non-hydrogen) atoms. The first-order valence-electron chi connectivity index (χ1n) is 6.62. The summed E-state index contributed by atoms with van der Waals surface area (Å²) in [5.74, 6) is 0.0682. The van der Waals surface area contributed by atoms with Crippen molar-refractivity contribution in [2.45, 2.75) is 17.5 Å². The number of aliphatic hydroxyl groups excluding tert-OH is 1. The Morgan fingerprint density at radius 3 is 2.95 bits per heavy atom. The first-order chi connectivity index (χ1) is 10.7. The molecule has 0 saturated carbocycles. The second-order valence-corrected chi connectivity index (χ2v) is 5.54. The topological polar surface area (TPSA) is 83.8 Å². The van der Waals surface area contributed by atoms with Gasteiger partial charge in [-0.1, -0.05) is 30.0 Å². The van der Waals surface area contributed by atoms with Crippen LogP contribution in [0.5, 0.6) is 0 Å². The van der Waals surface area contributed by atoms with Crippen molar-refractivity contribution in [3.63, 3.8) is 0 Å². The largest absolute Gasteiger partial charge is 0.394 e. The molecule has 0 aliphatic rings. The van der Waals surface area contributed by atoms with Crippen LogP contribution in [0, 0.1) is 5.82 Å². The van der Waals surface area contributed by atoms with Crippen LogP contribution in [0.15, 0.2) is 40.4 Å². The van der Waals surface area contributed by atoms with Crippen molar-refractivity contribution < 1.29 is 9.50 Å². The van der Waals surface area contributed by atoms with Crippen LogP contribution >= 0.6 is 11.8 Å². The maximum atomic E-state index is 13.6. The van der Waals surface area contributed by atoms with Crippen molar-refractivity contribution in [3.05, 3.63) is 52.2 Å². The Hall–Kier alpha value is -2.19. The van der Waals surface area contributed by atoms with Crippen molar-refractivity contribution in [2.24, 2.45) is 0 Å². The average Bonchev–Trinajstić information content (AvgIpc) is 2.91. The lowest BCUT2D eigenvalue weighted by Crippen LogP contribution is -2.11. The van der Waals surface area contributed by atoms with Gasteiger partial charge in [-0.15, -0.1) is 0 Å². The Balaban J connectivity index is 1.89. The molecule has 2 heterocycles. The van der Waals surface area contributed by atoms with Gasteiger partial charge in [0.25, 0.3) is 5.56 Å². The normalized spacial score (nSPS) is 11.2. The Bertz CT molecular complexity index is 861. The van der Waals surface area contributed by atoms with Crippen LogP contribution in [-0.2, 0) is 12.3 Å². The number of H-pyrrole nitrogens is 1. The lowest BCUT2D eigenvalue weighted by atomic mass is 10.2. The summed E-state index contributed by atoms with van der Waals surface area (Å²) in [5.41, 5.74) is 0.651. The van der Waals surface area contributed by atoms with Crippen LogP contribution in [0.3, 0.4) is 0 Å². The van der Waals surface area contributed by atoms with Crippen LogP contribution < -0.4 is 5.56 Å². The Labute approximate surface area is 129 Å². The van der Waals surface area contributed by atoms with Gasteiger partial charge in [0.05, 0.1) is 19.3 Å². The van der Waals surface area contributed by atoms with E-state index in [2.05, 4.69) is 15.1 Å². The van der Waals surface area contributed by atoms with Crippen LogP contribution in [0.4, 0.5) is 4.39 Å². The molecule has 3 rings (SSSR count). The third-order valence-corrected chi connectivity index (χ3v) is 4.04. The van der Waals surface area contributed by atoms with Crippen molar-refractivity contribution in [1.82, 2.24) is 19.7 Å². The number of aromatic amines is 1. The highest BCUT2D eigenvalue weighted by Gasteiger charge is 2.11. The van der Waals surface area contributed by atoms with Crippen molar-refractivity contribution in [3.8, 4) is 0 Å². The lowest BCUT2D eigenvalue weighted by Gasteiger charge is -2.04. The van der Waals surface area contributed by atoms with Crippen molar-refractivity contribution in [1.29, 1.82) is 0 Å². The van der Waals surface area contributed by atoms with Crippen LogP contribution in [0.25, 0.3) is 11.0 Å². The maximum absolute atomic E-state index is 13.6. The number of fused-ring (bicyclic) bond motifs is 1. The van der Waals surface area contributed by atoms with E-state index in [1.165, 1.54) is 28.7 Å². The van der Waals surface area contributed by atoms with Gasteiger partial charge in [0.15, 0.2) is 10.8 Å². The van der Waals surface area contributed by atoms with E-state index in [0.717, 1.165) is 0 Å². The van der Waals surface area contributed by atoms with E-state index in [-0.39, 0.29) is 24.5 Å². The quantitative estimate of drug-likeness (QED) is 0.550. The number of nitrogens with one attached hydrogen (secondary N) is 1. The second-order valence-electron chi connectivity index (χ2n) is 4.58. The first kappa shape index (κ1) is 14.7. The summed E-state index contributed by atoms with van der Waals surface area (Å²) >= 11 is 1.24. The van der Waals surface area contributed by atoms with Gasteiger partial charge in [0.2, 0.25) is 0 Å². The molecule has 114 valence electrons. The number of hydrogen-bond donors (Lipinski definition) is 2. The Kier molecular flexibility index (Phi) is 4.21. The zero-order chi connectivity index (χ0) is 15.5. The van der Waals surface area contributed by atoms with E-state index in [1.807, 2.05) is 0 Å². The van der Waals surface area contributed by atoms with Crippen LogP contribution in [0.2, 0.25) is 0 Å². The van der Waals surface area contributed by atoms with Gasteiger partial charge in [-0.25, -0.2) is 14.1 Å². The summed E-state index contributed by atoms with van der Waals surface area (Å²) in [5, 5.41) is 13.8. The fourth-order valence-electron chi connectivity index (χ4n) is 2.03. The smallest absolute Gasteiger partial charge is 0.262 e. The van der Waals surface area contributed by atoms with Crippen molar-refractivity contribution >= 4 is 22.8 Å². The highest BCUT2D eigenvalue weighted by molar-refractivity contribution is 7.98.